The van der Waals surface area contributed by atoms with Crippen molar-refractivity contribution in [2.24, 2.45) is 0 Å². The molecule has 102 valence electrons. The third-order valence-corrected chi connectivity index (χ3v) is 3.40. The molecule has 0 spiro atoms. The molecule has 0 bridgehead atoms. The van der Waals surface area contributed by atoms with E-state index in [-0.39, 0.29) is 12.0 Å². The average molecular weight is 259 g/mol. The van der Waals surface area contributed by atoms with E-state index in [0.717, 1.165) is 25.1 Å². The van der Waals surface area contributed by atoms with Crippen molar-refractivity contribution in [3.8, 4) is 0 Å². The zero-order valence-electron chi connectivity index (χ0n) is 11.6. The molecule has 0 aliphatic carbocycles. The molecule has 1 aliphatic rings. The second-order valence-electron chi connectivity index (χ2n) is 4.91. The summed E-state index contributed by atoms with van der Waals surface area (Å²) in [5.41, 5.74) is 2.06. The van der Waals surface area contributed by atoms with Crippen LogP contribution in [0, 0.1) is 0 Å². The summed E-state index contributed by atoms with van der Waals surface area (Å²) < 4.78 is 5.24. The first kappa shape index (κ1) is 13.8. The number of hydrogen-bond acceptors (Lipinski definition) is 2. The van der Waals surface area contributed by atoms with Crippen LogP contribution in [-0.2, 0) is 16.0 Å². The van der Waals surface area contributed by atoms with Crippen LogP contribution in [0.4, 0.5) is 0 Å². The largest absolute Gasteiger partial charge is 0.371 e. The van der Waals surface area contributed by atoms with Gasteiger partial charge in [0.1, 0.15) is 0 Å². The van der Waals surface area contributed by atoms with Crippen molar-refractivity contribution in [3.63, 3.8) is 0 Å². The van der Waals surface area contributed by atoms with E-state index in [1.165, 1.54) is 5.56 Å². The molecular weight excluding hydrogens is 238 g/mol. The Morgan fingerprint density at radius 3 is 2.68 bits per heavy atom. The monoisotopic (exact) mass is 259 g/mol. The average Bonchev–Trinajstić information content (AvgIpc) is 3.27. The molecule has 3 heteroatoms. The van der Waals surface area contributed by atoms with Crippen LogP contribution in [0.5, 0.6) is 0 Å². The minimum Gasteiger partial charge on any atom is -0.371 e. The third kappa shape index (κ3) is 4.21. The second-order valence-corrected chi connectivity index (χ2v) is 4.91. The first-order valence-electron chi connectivity index (χ1n) is 6.78. The van der Waals surface area contributed by atoms with E-state index < -0.39 is 0 Å². The lowest BCUT2D eigenvalue weighted by molar-refractivity contribution is -0.127. The fraction of sp³-hybridized carbons (Fsp3) is 0.438. The Balaban J connectivity index is 1.95. The topological polar surface area (TPSA) is 32.8 Å². The quantitative estimate of drug-likeness (QED) is 0.580. The predicted molar refractivity (Wildman–Crippen MR) is 75.9 cm³/mol. The highest BCUT2D eigenvalue weighted by Gasteiger charge is 2.27. The number of amides is 1. The molecule has 3 nitrogen and oxygen atoms in total. The lowest BCUT2D eigenvalue weighted by Gasteiger charge is -2.22. The molecule has 0 saturated carbocycles. The number of hydrogen-bond donors (Lipinski definition) is 0. The van der Waals surface area contributed by atoms with Gasteiger partial charge in [0.15, 0.2) is 0 Å². The molecule has 1 amide bonds. The number of nitrogens with zero attached hydrogens (tertiary/aromatic N) is 1. The van der Waals surface area contributed by atoms with Crippen LogP contribution in [0.3, 0.4) is 0 Å². The van der Waals surface area contributed by atoms with Gasteiger partial charge in [0.05, 0.1) is 12.7 Å². The van der Waals surface area contributed by atoms with Crippen LogP contribution in [0.1, 0.15) is 19.4 Å². The third-order valence-electron chi connectivity index (χ3n) is 3.40. The van der Waals surface area contributed by atoms with Crippen LogP contribution in [-0.4, -0.2) is 36.6 Å². The van der Waals surface area contributed by atoms with Crippen molar-refractivity contribution < 1.29 is 9.53 Å². The number of rotatable bonds is 6. The number of ether oxygens (including phenoxy) is 1. The van der Waals surface area contributed by atoms with Crippen LogP contribution >= 0.6 is 0 Å². The number of epoxide rings is 1. The van der Waals surface area contributed by atoms with Gasteiger partial charge in [-0.3, -0.25) is 4.79 Å². The molecule has 1 atom stereocenters. The Labute approximate surface area is 114 Å². The van der Waals surface area contributed by atoms with Crippen molar-refractivity contribution in [2.75, 3.05) is 19.7 Å². The maximum Gasteiger partial charge on any atom is 0.249 e. The van der Waals surface area contributed by atoms with Gasteiger partial charge in [0.25, 0.3) is 0 Å². The molecule has 1 saturated heterocycles. The first-order valence-corrected chi connectivity index (χ1v) is 6.78. The maximum absolute atomic E-state index is 12.3. The van der Waals surface area contributed by atoms with Crippen molar-refractivity contribution in [1.82, 2.24) is 4.90 Å². The Morgan fingerprint density at radius 2 is 2.11 bits per heavy atom. The Bertz CT molecular complexity index is 449. The van der Waals surface area contributed by atoms with Crippen LogP contribution in [0.25, 0.3) is 0 Å². The number of carbonyl (C=O) groups is 1. The second kappa shape index (κ2) is 6.53. The SMILES string of the molecule is CC=C(C)C(=O)N(CCc1ccccc1)CC1CO1. The molecule has 2 rings (SSSR count). The van der Waals surface area contributed by atoms with E-state index in [2.05, 4.69) is 12.1 Å². The van der Waals surface area contributed by atoms with Crippen molar-refractivity contribution in [2.45, 2.75) is 26.4 Å². The molecule has 1 aromatic rings. The summed E-state index contributed by atoms with van der Waals surface area (Å²) >= 11 is 0. The molecule has 1 unspecified atom stereocenters. The zero-order chi connectivity index (χ0) is 13.7. The molecule has 0 N–H and O–H groups in total. The normalized spacial score (nSPS) is 18.2. The van der Waals surface area contributed by atoms with E-state index >= 15 is 0 Å². The number of allylic oxidation sites excluding steroid dienone is 1. The van der Waals surface area contributed by atoms with Gasteiger partial charge in [-0.05, 0) is 25.8 Å². The van der Waals surface area contributed by atoms with Crippen molar-refractivity contribution in [1.29, 1.82) is 0 Å². The molecule has 0 aromatic heterocycles. The molecule has 1 fully saturated rings. The Kier molecular flexibility index (Phi) is 4.74. The van der Waals surface area contributed by atoms with E-state index in [0.29, 0.717) is 6.54 Å². The fourth-order valence-corrected chi connectivity index (χ4v) is 1.98. The highest BCUT2D eigenvalue weighted by atomic mass is 16.6. The van der Waals surface area contributed by atoms with Gasteiger partial charge in [-0.15, -0.1) is 0 Å². The van der Waals surface area contributed by atoms with Gasteiger partial charge in [0, 0.05) is 18.7 Å². The highest BCUT2D eigenvalue weighted by Crippen LogP contribution is 2.14. The summed E-state index contributed by atoms with van der Waals surface area (Å²) in [5, 5.41) is 0. The summed E-state index contributed by atoms with van der Waals surface area (Å²) in [7, 11) is 0. The zero-order valence-corrected chi connectivity index (χ0v) is 11.6. The summed E-state index contributed by atoms with van der Waals surface area (Å²) in [5.74, 6) is 0.119. The molecule has 1 aliphatic heterocycles. The summed E-state index contributed by atoms with van der Waals surface area (Å²) in [6.07, 6.45) is 2.99. The van der Waals surface area contributed by atoms with E-state index in [9.17, 15) is 4.79 Å². The summed E-state index contributed by atoms with van der Waals surface area (Å²) in [6.45, 7) is 6.00. The van der Waals surface area contributed by atoms with E-state index in [1.807, 2.05) is 43.0 Å². The van der Waals surface area contributed by atoms with Crippen molar-refractivity contribution >= 4 is 5.91 Å². The summed E-state index contributed by atoms with van der Waals surface area (Å²) in [4.78, 5) is 14.2. The number of carbonyl (C=O) groups excluding carboxylic acids is 1. The molecular formula is C16H21NO2. The Morgan fingerprint density at radius 1 is 1.42 bits per heavy atom. The van der Waals surface area contributed by atoms with Crippen LogP contribution in [0.15, 0.2) is 42.0 Å². The van der Waals surface area contributed by atoms with Gasteiger partial charge < -0.3 is 9.64 Å². The minimum absolute atomic E-state index is 0.119. The standard InChI is InChI=1S/C16H21NO2/c1-3-13(2)16(18)17(11-15-12-19-15)10-9-14-7-5-4-6-8-14/h3-8,15H,9-12H2,1-2H3. The fourth-order valence-electron chi connectivity index (χ4n) is 1.98. The smallest absolute Gasteiger partial charge is 0.249 e. The lowest BCUT2D eigenvalue weighted by atomic mass is 10.1. The van der Waals surface area contributed by atoms with Gasteiger partial charge in [-0.1, -0.05) is 36.4 Å². The molecule has 0 radical (unpaired) electrons. The molecule has 19 heavy (non-hydrogen) atoms. The lowest BCUT2D eigenvalue weighted by Crippen LogP contribution is -2.36. The summed E-state index contributed by atoms with van der Waals surface area (Å²) in [6, 6.07) is 10.3. The molecule has 1 heterocycles. The van der Waals surface area contributed by atoms with Gasteiger partial charge in [-0.25, -0.2) is 0 Å². The van der Waals surface area contributed by atoms with Gasteiger partial charge >= 0.3 is 0 Å². The van der Waals surface area contributed by atoms with Gasteiger partial charge in [-0.2, -0.15) is 0 Å². The minimum atomic E-state index is 0.119. The maximum atomic E-state index is 12.3. The van der Waals surface area contributed by atoms with E-state index in [1.54, 1.807) is 0 Å². The number of benzene rings is 1. The predicted octanol–water partition coefficient (Wildman–Crippen LogP) is 2.42. The first-order chi connectivity index (χ1) is 9.20. The van der Waals surface area contributed by atoms with Crippen LogP contribution < -0.4 is 0 Å². The van der Waals surface area contributed by atoms with E-state index in [4.69, 9.17) is 4.74 Å². The Hall–Kier alpha value is -1.61. The highest BCUT2D eigenvalue weighted by molar-refractivity contribution is 5.92. The van der Waals surface area contributed by atoms with Crippen LogP contribution in [0.2, 0.25) is 0 Å². The molecule has 1 aromatic carbocycles. The van der Waals surface area contributed by atoms with Gasteiger partial charge in [0.2, 0.25) is 5.91 Å². The van der Waals surface area contributed by atoms with Crippen molar-refractivity contribution in [3.05, 3.63) is 47.5 Å².